The molecule has 1 aromatic heterocycles. The average Bonchev–Trinajstić information content (AvgIpc) is 2.32. The van der Waals surface area contributed by atoms with E-state index >= 15 is 0 Å². The van der Waals surface area contributed by atoms with E-state index < -0.39 is 5.97 Å². The van der Waals surface area contributed by atoms with Gasteiger partial charge in [-0.2, -0.15) is 0 Å². The van der Waals surface area contributed by atoms with E-state index in [1.165, 1.54) is 24.5 Å². The van der Waals surface area contributed by atoms with Crippen molar-refractivity contribution in [3.8, 4) is 11.4 Å². The molecule has 1 N–H and O–H groups in total. The molecule has 4 nitrogen and oxygen atoms in total. The zero-order valence-electron chi connectivity index (χ0n) is 9.01. The highest BCUT2D eigenvalue weighted by Crippen LogP contribution is 2.20. The maximum atomic E-state index is 13.1. The first-order chi connectivity index (χ1) is 8.08. The molecule has 0 aliphatic carbocycles. The van der Waals surface area contributed by atoms with Crippen molar-refractivity contribution in [2.45, 2.75) is 6.92 Å². The highest BCUT2D eigenvalue weighted by atomic mass is 19.1. The van der Waals surface area contributed by atoms with Gasteiger partial charge in [0.25, 0.3) is 0 Å². The predicted octanol–water partition coefficient (Wildman–Crippen LogP) is 2.29. The Morgan fingerprint density at radius 3 is 2.53 bits per heavy atom. The van der Waals surface area contributed by atoms with Gasteiger partial charge in [0.15, 0.2) is 5.82 Å². The highest BCUT2D eigenvalue weighted by Gasteiger charge is 2.08. The first-order valence-electron chi connectivity index (χ1n) is 4.90. The van der Waals surface area contributed by atoms with Crippen molar-refractivity contribution in [2.24, 2.45) is 0 Å². The lowest BCUT2D eigenvalue weighted by Crippen LogP contribution is -2.00. The molecule has 0 saturated heterocycles. The summed E-state index contributed by atoms with van der Waals surface area (Å²) in [5.41, 5.74) is 1.39. The summed E-state index contributed by atoms with van der Waals surface area (Å²) in [5, 5.41) is 8.70. The van der Waals surface area contributed by atoms with E-state index in [4.69, 9.17) is 5.11 Å². The Morgan fingerprint density at radius 1 is 1.29 bits per heavy atom. The number of halogens is 1. The van der Waals surface area contributed by atoms with Gasteiger partial charge in [0, 0.05) is 18.0 Å². The van der Waals surface area contributed by atoms with Crippen LogP contribution in [0.25, 0.3) is 11.4 Å². The number of hydrogen-bond acceptors (Lipinski definition) is 3. The van der Waals surface area contributed by atoms with Crippen LogP contribution in [0.2, 0.25) is 0 Å². The third kappa shape index (κ3) is 2.28. The fourth-order valence-corrected chi connectivity index (χ4v) is 1.41. The fraction of sp³-hybridized carbons (Fsp3) is 0.0833. The van der Waals surface area contributed by atoms with Crippen LogP contribution in [0.15, 0.2) is 30.6 Å². The van der Waals surface area contributed by atoms with Crippen molar-refractivity contribution in [1.29, 1.82) is 0 Å². The monoisotopic (exact) mass is 232 g/mol. The summed E-state index contributed by atoms with van der Waals surface area (Å²) in [4.78, 5) is 18.5. The van der Waals surface area contributed by atoms with E-state index in [1.54, 1.807) is 6.07 Å². The second-order valence-electron chi connectivity index (χ2n) is 3.56. The second-order valence-corrected chi connectivity index (χ2v) is 3.56. The fourth-order valence-electron chi connectivity index (χ4n) is 1.41. The Kier molecular flexibility index (Phi) is 2.82. The minimum absolute atomic E-state index is 0.00260. The Labute approximate surface area is 96.8 Å². The molecule has 0 amide bonds. The van der Waals surface area contributed by atoms with Crippen LogP contribution in [0.1, 0.15) is 15.9 Å². The number of aryl methyl sites for hydroxylation is 1. The Morgan fingerprint density at radius 2 is 1.94 bits per heavy atom. The van der Waals surface area contributed by atoms with Crippen molar-refractivity contribution in [1.82, 2.24) is 9.97 Å². The molecule has 2 aromatic rings. The molecule has 0 fully saturated rings. The van der Waals surface area contributed by atoms with Crippen LogP contribution in [0.4, 0.5) is 4.39 Å². The third-order valence-electron chi connectivity index (χ3n) is 2.34. The summed E-state index contributed by atoms with van der Waals surface area (Å²) < 4.78 is 13.1. The molecule has 0 unspecified atom stereocenters. The summed E-state index contributed by atoms with van der Waals surface area (Å²) in [6, 6.07) is 4.30. The Bertz CT molecular complexity index is 567. The lowest BCUT2D eigenvalue weighted by atomic mass is 10.1. The standard InChI is InChI=1S/C12H9FN2O2/c1-7-2-3-9(13)4-10(7)11-14-5-8(6-15-11)12(16)17/h2-6H,1H3,(H,16,17). The zero-order valence-corrected chi connectivity index (χ0v) is 9.01. The summed E-state index contributed by atoms with van der Waals surface area (Å²) in [7, 11) is 0. The highest BCUT2D eigenvalue weighted by molar-refractivity contribution is 5.86. The molecule has 0 saturated carbocycles. The van der Waals surface area contributed by atoms with Gasteiger partial charge in [0.05, 0.1) is 5.56 Å². The van der Waals surface area contributed by atoms with Gasteiger partial charge in [0.2, 0.25) is 0 Å². The topological polar surface area (TPSA) is 63.1 Å². The van der Waals surface area contributed by atoms with Crippen molar-refractivity contribution in [3.05, 3.63) is 47.5 Å². The molecule has 1 aromatic carbocycles. The first kappa shape index (κ1) is 11.2. The number of carbonyl (C=O) groups is 1. The van der Waals surface area contributed by atoms with Gasteiger partial charge >= 0.3 is 5.97 Å². The number of carboxylic acids is 1. The van der Waals surface area contributed by atoms with E-state index in [0.717, 1.165) is 5.56 Å². The van der Waals surface area contributed by atoms with Gasteiger partial charge in [-0.05, 0) is 24.6 Å². The van der Waals surface area contributed by atoms with Crippen LogP contribution in [0, 0.1) is 12.7 Å². The summed E-state index contributed by atoms with van der Waals surface area (Å²) in [6.45, 7) is 1.81. The number of carboxylic acid groups (broad SMARTS) is 1. The number of rotatable bonds is 2. The second kappa shape index (κ2) is 4.29. The SMILES string of the molecule is Cc1ccc(F)cc1-c1ncc(C(=O)O)cn1. The molecule has 2 rings (SSSR count). The number of hydrogen-bond donors (Lipinski definition) is 1. The van der Waals surface area contributed by atoms with Crippen LogP contribution in [0.5, 0.6) is 0 Å². The molecule has 0 atom stereocenters. The third-order valence-corrected chi connectivity index (χ3v) is 2.34. The molecule has 1 heterocycles. The minimum atomic E-state index is -1.09. The molecule has 0 bridgehead atoms. The molecule has 17 heavy (non-hydrogen) atoms. The van der Waals surface area contributed by atoms with E-state index in [-0.39, 0.29) is 11.4 Å². The van der Waals surface area contributed by atoms with Crippen molar-refractivity contribution in [2.75, 3.05) is 0 Å². The van der Waals surface area contributed by atoms with E-state index in [2.05, 4.69) is 9.97 Å². The van der Waals surface area contributed by atoms with Gasteiger partial charge in [-0.25, -0.2) is 19.2 Å². The summed E-state index contributed by atoms with van der Waals surface area (Å²) in [6.07, 6.45) is 2.41. The maximum absolute atomic E-state index is 13.1. The smallest absolute Gasteiger partial charge is 0.338 e. The molecule has 0 aliphatic rings. The van der Waals surface area contributed by atoms with Crippen LogP contribution < -0.4 is 0 Å². The van der Waals surface area contributed by atoms with Crippen molar-refractivity contribution in [3.63, 3.8) is 0 Å². The minimum Gasteiger partial charge on any atom is -0.478 e. The van der Waals surface area contributed by atoms with Crippen LogP contribution in [-0.2, 0) is 0 Å². The number of aromatic nitrogens is 2. The van der Waals surface area contributed by atoms with Crippen LogP contribution >= 0.6 is 0 Å². The average molecular weight is 232 g/mol. The normalized spacial score (nSPS) is 10.2. The van der Waals surface area contributed by atoms with Gasteiger partial charge < -0.3 is 5.11 Å². The lowest BCUT2D eigenvalue weighted by Gasteiger charge is -2.04. The number of aromatic carboxylic acids is 1. The molecule has 5 heteroatoms. The first-order valence-corrected chi connectivity index (χ1v) is 4.90. The van der Waals surface area contributed by atoms with Gasteiger partial charge in [-0.3, -0.25) is 0 Å². The van der Waals surface area contributed by atoms with E-state index in [1.807, 2.05) is 6.92 Å². The van der Waals surface area contributed by atoms with Crippen molar-refractivity contribution >= 4 is 5.97 Å². The molecule has 0 aliphatic heterocycles. The molecular weight excluding hydrogens is 223 g/mol. The number of benzene rings is 1. The predicted molar refractivity (Wildman–Crippen MR) is 59.1 cm³/mol. The van der Waals surface area contributed by atoms with Gasteiger partial charge in [-0.15, -0.1) is 0 Å². The van der Waals surface area contributed by atoms with Crippen LogP contribution in [-0.4, -0.2) is 21.0 Å². The molecule has 86 valence electrons. The van der Waals surface area contributed by atoms with Gasteiger partial charge in [-0.1, -0.05) is 6.07 Å². The maximum Gasteiger partial charge on any atom is 0.338 e. The zero-order chi connectivity index (χ0) is 12.4. The van der Waals surface area contributed by atoms with Gasteiger partial charge in [0.1, 0.15) is 5.82 Å². The summed E-state index contributed by atoms with van der Waals surface area (Å²) >= 11 is 0. The van der Waals surface area contributed by atoms with Crippen LogP contribution in [0.3, 0.4) is 0 Å². The lowest BCUT2D eigenvalue weighted by molar-refractivity contribution is 0.0696. The van der Waals surface area contributed by atoms with Crippen molar-refractivity contribution < 1.29 is 14.3 Å². The molecule has 0 spiro atoms. The summed E-state index contributed by atoms with van der Waals surface area (Å²) in [5.74, 6) is -1.16. The van der Waals surface area contributed by atoms with E-state index in [9.17, 15) is 9.18 Å². The Hall–Kier alpha value is -2.30. The van der Waals surface area contributed by atoms with E-state index in [0.29, 0.717) is 11.4 Å². The molecule has 0 radical (unpaired) electrons. The number of nitrogens with zero attached hydrogens (tertiary/aromatic N) is 2. The quantitative estimate of drug-likeness (QED) is 0.862. The Balaban J connectivity index is 2.46. The molecular formula is C12H9FN2O2. The largest absolute Gasteiger partial charge is 0.478 e.